The molecule has 0 spiro atoms. The molecule has 2 aliphatic rings. The smallest absolute Gasteiger partial charge is 0.254 e. The minimum atomic E-state index is -0.0165. The Kier molecular flexibility index (Phi) is 4.66. The molecular formula is C23H24N4O2. The molecule has 29 heavy (non-hydrogen) atoms. The van der Waals surface area contributed by atoms with E-state index in [4.69, 9.17) is 9.72 Å². The number of carbonyl (C=O) groups excluding carboxylic acids is 1. The molecular weight excluding hydrogens is 364 g/mol. The number of nitrogens with zero attached hydrogens (tertiary/aromatic N) is 2. The fraction of sp³-hybridized carbons (Fsp3) is 0.304. The van der Waals surface area contributed by atoms with Crippen molar-refractivity contribution in [2.24, 2.45) is 0 Å². The van der Waals surface area contributed by atoms with Crippen LogP contribution in [0.2, 0.25) is 0 Å². The molecule has 1 amide bonds. The molecule has 6 nitrogen and oxygen atoms in total. The zero-order valence-electron chi connectivity index (χ0n) is 16.4. The summed E-state index contributed by atoms with van der Waals surface area (Å²) >= 11 is 0. The van der Waals surface area contributed by atoms with Crippen molar-refractivity contribution < 1.29 is 9.53 Å². The number of aromatic nitrogens is 1. The average Bonchev–Trinajstić information content (AvgIpc) is 3.42. The van der Waals surface area contributed by atoms with Crippen molar-refractivity contribution in [3.63, 3.8) is 0 Å². The van der Waals surface area contributed by atoms with Gasteiger partial charge in [-0.1, -0.05) is 36.4 Å². The number of nitrogens with one attached hydrogen (secondary N) is 2. The normalized spacial score (nSPS) is 18.6. The Bertz CT molecular complexity index is 1040. The quantitative estimate of drug-likeness (QED) is 0.719. The highest BCUT2D eigenvalue weighted by Gasteiger charge is 2.27. The Morgan fingerprint density at radius 1 is 1.14 bits per heavy atom. The first-order chi connectivity index (χ1) is 14.2. The van der Waals surface area contributed by atoms with Crippen LogP contribution in [0.15, 0.2) is 54.6 Å². The van der Waals surface area contributed by atoms with Crippen LogP contribution in [0.3, 0.4) is 0 Å². The third-order valence-electron chi connectivity index (χ3n) is 5.74. The lowest BCUT2D eigenvalue weighted by atomic mass is 10.00. The fourth-order valence-electron chi connectivity index (χ4n) is 4.20. The van der Waals surface area contributed by atoms with Crippen molar-refractivity contribution in [1.82, 2.24) is 20.7 Å². The van der Waals surface area contributed by atoms with Crippen molar-refractivity contribution in [2.45, 2.75) is 18.4 Å². The maximum atomic E-state index is 13.4. The molecule has 0 saturated carbocycles. The Morgan fingerprint density at radius 3 is 2.72 bits per heavy atom. The molecule has 148 valence electrons. The van der Waals surface area contributed by atoms with Crippen LogP contribution in [0.5, 0.6) is 5.75 Å². The molecule has 1 aromatic heterocycles. The van der Waals surface area contributed by atoms with Gasteiger partial charge in [0.1, 0.15) is 11.9 Å². The highest BCUT2D eigenvalue weighted by atomic mass is 16.5. The molecule has 1 unspecified atom stereocenters. The van der Waals surface area contributed by atoms with Gasteiger partial charge in [-0.2, -0.15) is 0 Å². The molecule has 3 heterocycles. The van der Waals surface area contributed by atoms with Crippen LogP contribution in [0.4, 0.5) is 0 Å². The number of ether oxygens (including phenoxy) is 1. The van der Waals surface area contributed by atoms with Crippen molar-refractivity contribution in [3.8, 4) is 5.75 Å². The summed E-state index contributed by atoms with van der Waals surface area (Å²) in [7, 11) is 1.85. The van der Waals surface area contributed by atoms with Gasteiger partial charge in [0.25, 0.3) is 5.91 Å². The van der Waals surface area contributed by atoms with Gasteiger partial charge < -0.3 is 9.64 Å². The summed E-state index contributed by atoms with van der Waals surface area (Å²) in [4.78, 5) is 20.0. The summed E-state index contributed by atoms with van der Waals surface area (Å²) in [5, 5.41) is 0.891. The number of likely N-dealkylation sites (N-methyl/N-ethyl adjacent to an activating group) is 1. The number of fused-ring (bicyclic) bond motifs is 2. The van der Waals surface area contributed by atoms with Gasteiger partial charge in [-0.25, -0.2) is 0 Å². The van der Waals surface area contributed by atoms with Gasteiger partial charge >= 0.3 is 0 Å². The van der Waals surface area contributed by atoms with Crippen LogP contribution in [0.1, 0.15) is 27.5 Å². The molecule has 0 radical (unpaired) electrons. The number of carbonyl (C=O) groups is 1. The van der Waals surface area contributed by atoms with Crippen molar-refractivity contribution in [2.75, 3.05) is 26.7 Å². The zero-order valence-corrected chi connectivity index (χ0v) is 16.4. The fourth-order valence-corrected chi connectivity index (χ4v) is 4.20. The Hall–Kier alpha value is -2.96. The SMILES string of the molecule is CN(CC1Cc2ccccc2O1)C(=O)c1cc(C2CNNC2)nc2ccccc12. The first kappa shape index (κ1) is 18.1. The molecule has 6 heteroatoms. The lowest BCUT2D eigenvalue weighted by Crippen LogP contribution is -2.36. The van der Waals surface area contributed by atoms with Crippen molar-refractivity contribution in [1.29, 1.82) is 0 Å². The van der Waals surface area contributed by atoms with Gasteiger partial charge in [-0.3, -0.25) is 20.6 Å². The van der Waals surface area contributed by atoms with Gasteiger partial charge in [-0.15, -0.1) is 0 Å². The molecule has 0 aliphatic carbocycles. The zero-order chi connectivity index (χ0) is 19.8. The largest absolute Gasteiger partial charge is 0.488 e. The number of hydrogen-bond donors (Lipinski definition) is 2. The van der Waals surface area contributed by atoms with E-state index in [0.29, 0.717) is 12.1 Å². The van der Waals surface area contributed by atoms with E-state index in [1.807, 2.05) is 55.6 Å². The molecule has 0 bridgehead atoms. The topological polar surface area (TPSA) is 66.5 Å². The predicted molar refractivity (Wildman–Crippen MR) is 112 cm³/mol. The van der Waals surface area contributed by atoms with Crippen LogP contribution in [0.25, 0.3) is 10.9 Å². The predicted octanol–water partition coefficient (Wildman–Crippen LogP) is 2.50. The summed E-state index contributed by atoms with van der Waals surface area (Å²) in [6, 6.07) is 17.9. The number of rotatable bonds is 4. The van der Waals surface area contributed by atoms with E-state index in [9.17, 15) is 4.79 Å². The van der Waals surface area contributed by atoms with E-state index in [1.54, 1.807) is 4.90 Å². The Labute approximate surface area is 169 Å². The molecule has 5 rings (SSSR count). The van der Waals surface area contributed by atoms with Crippen LogP contribution in [0, 0.1) is 0 Å². The standard InChI is InChI=1S/C23H24N4O2/c1-27(14-17-10-15-6-2-5-9-22(15)29-17)23(28)19-11-21(16-12-24-25-13-16)26-20-8-4-3-7-18(19)20/h2-9,11,16-17,24-25H,10,12-14H2,1H3. The monoisotopic (exact) mass is 388 g/mol. The minimum Gasteiger partial charge on any atom is -0.488 e. The van der Waals surface area contributed by atoms with E-state index < -0.39 is 0 Å². The molecule has 1 fully saturated rings. The van der Waals surface area contributed by atoms with E-state index in [1.165, 1.54) is 5.56 Å². The maximum absolute atomic E-state index is 13.4. The van der Waals surface area contributed by atoms with Crippen LogP contribution >= 0.6 is 0 Å². The number of pyridine rings is 1. The van der Waals surface area contributed by atoms with Gasteiger partial charge in [0.15, 0.2) is 0 Å². The van der Waals surface area contributed by atoms with Crippen LogP contribution in [-0.4, -0.2) is 48.6 Å². The summed E-state index contributed by atoms with van der Waals surface area (Å²) in [5.74, 6) is 1.18. The summed E-state index contributed by atoms with van der Waals surface area (Å²) in [6.07, 6.45) is 0.812. The summed E-state index contributed by atoms with van der Waals surface area (Å²) < 4.78 is 6.03. The first-order valence-corrected chi connectivity index (χ1v) is 10.0. The van der Waals surface area contributed by atoms with Gasteiger partial charge in [0, 0.05) is 43.6 Å². The van der Waals surface area contributed by atoms with Crippen LogP contribution < -0.4 is 15.6 Å². The highest BCUT2D eigenvalue weighted by molar-refractivity contribution is 6.06. The number of amides is 1. The maximum Gasteiger partial charge on any atom is 0.254 e. The summed E-state index contributed by atoms with van der Waals surface area (Å²) in [5.41, 5.74) is 10.0. The first-order valence-electron chi connectivity index (χ1n) is 10.0. The lowest BCUT2D eigenvalue weighted by molar-refractivity contribution is 0.0732. The third kappa shape index (κ3) is 3.45. The average molecular weight is 388 g/mol. The van der Waals surface area contributed by atoms with Gasteiger partial charge in [0.05, 0.1) is 17.6 Å². The molecule has 3 aromatic rings. The van der Waals surface area contributed by atoms with Gasteiger partial charge in [-0.05, 0) is 23.8 Å². The van der Waals surface area contributed by atoms with E-state index in [2.05, 4.69) is 16.9 Å². The Balaban J connectivity index is 1.41. The number of para-hydroxylation sites is 2. The number of hydrogen-bond acceptors (Lipinski definition) is 5. The van der Waals surface area contributed by atoms with Crippen molar-refractivity contribution >= 4 is 16.8 Å². The molecule has 1 saturated heterocycles. The van der Waals surface area contributed by atoms with Gasteiger partial charge in [0.2, 0.25) is 0 Å². The van der Waals surface area contributed by atoms with E-state index in [0.717, 1.165) is 41.9 Å². The lowest BCUT2D eigenvalue weighted by Gasteiger charge is -2.22. The highest BCUT2D eigenvalue weighted by Crippen LogP contribution is 2.29. The molecule has 2 aliphatic heterocycles. The minimum absolute atomic E-state index is 0.00308. The Morgan fingerprint density at radius 2 is 1.90 bits per heavy atom. The molecule has 2 N–H and O–H groups in total. The van der Waals surface area contributed by atoms with E-state index in [-0.39, 0.29) is 17.9 Å². The van der Waals surface area contributed by atoms with Crippen LogP contribution in [-0.2, 0) is 6.42 Å². The van der Waals surface area contributed by atoms with E-state index >= 15 is 0 Å². The number of hydrazine groups is 1. The third-order valence-corrected chi connectivity index (χ3v) is 5.74. The second-order valence-electron chi connectivity index (χ2n) is 7.81. The second-order valence-corrected chi connectivity index (χ2v) is 7.81. The second kappa shape index (κ2) is 7.46. The molecule has 1 atom stereocenters. The number of benzene rings is 2. The molecule has 2 aromatic carbocycles. The van der Waals surface area contributed by atoms with Crippen molar-refractivity contribution in [3.05, 3.63) is 71.4 Å². The summed E-state index contributed by atoms with van der Waals surface area (Å²) in [6.45, 7) is 2.16.